The quantitative estimate of drug-likeness (QED) is 0.445. The second-order valence-electron chi connectivity index (χ2n) is 5.17. The summed E-state index contributed by atoms with van der Waals surface area (Å²) in [5.74, 6) is -1.33. The molecule has 25 heavy (non-hydrogen) atoms. The van der Waals surface area contributed by atoms with E-state index in [-0.39, 0.29) is 30.0 Å². The van der Waals surface area contributed by atoms with Crippen LogP contribution in [0.5, 0.6) is 5.75 Å². The second-order valence-corrected chi connectivity index (χ2v) is 6.72. The van der Waals surface area contributed by atoms with Gasteiger partial charge in [-0.25, -0.2) is 13.3 Å². The topological polar surface area (TPSA) is 87.9 Å². The summed E-state index contributed by atoms with van der Waals surface area (Å²) in [6.07, 6.45) is -0.845. The zero-order chi connectivity index (χ0) is 18.0. The van der Waals surface area contributed by atoms with Crippen molar-refractivity contribution in [2.24, 2.45) is 0 Å². The Kier molecular flexibility index (Phi) is 4.80. The summed E-state index contributed by atoms with van der Waals surface area (Å²) in [4.78, 5) is 10.0. The third kappa shape index (κ3) is 4.01. The number of phosphoric acid groups is 1. The minimum absolute atomic E-state index is 0.0225. The van der Waals surface area contributed by atoms with Crippen LogP contribution in [0, 0.1) is 21.7 Å². The maximum atomic E-state index is 13.9. The molecule has 10 heteroatoms. The van der Waals surface area contributed by atoms with E-state index >= 15 is 0 Å². The van der Waals surface area contributed by atoms with Crippen LogP contribution in [0.15, 0.2) is 42.5 Å². The van der Waals surface area contributed by atoms with E-state index in [1.165, 1.54) is 12.1 Å². The van der Waals surface area contributed by atoms with Gasteiger partial charge in [0.05, 0.1) is 11.5 Å². The molecule has 1 saturated heterocycles. The van der Waals surface area contributed by atoms with E-state index in [0.29, 0.717) is 0 Å². The fourth-order valence-electron chi connectivity index (χ4n) is 2.29. The number of nitrogens with zero attached hydrogens (tertiary/aromatic N) is 1. The number of rotatable bonds is 4. The van der Waals surface area contributed by atoms with Gasteiger partial charge >= 0.3 is 7.82 Å². The molecular formula is C15H12F2NO6P. The number of benzene rings is 2. The van der Waals surface area contributed by atoms with Crippen molar-refractivity contribution >= 4 is 13.5 Å². The molecule has 3 rings (SSSR count). The average molecular weight is 371 g/mol. The molecule has 2 aromatic carbocycles. The smallest absolute Gasteiger partial charge is 0.404 e. The van der Waals surface area contributed by atoms with Crippen LogP contribution in [0.2, 0.25) is 0 Å². The molecule has 0 spiro atoms. The van der Waals surface area contributed by atoms with Crippen LogP contribution < -0.4 is 4.52 Å². The minimum atomic E-state index is -4.09. The van der Waals surface area contributed by atoms with E-state index in [1.807, 2.05) is 0 Å². The first-order valence-corrected chi connectivity index (χ1v) is 8.64. The highest BCUT2D eigenvalue weighted by atomic mass is 31.2. The first-order chi connectivity index (χ1) is 11.9. The Morgan fingerprint density at radius 2 is 1.92 bits per heavy atom. The third-order valence-electron chi connectivity index (χ3n) is 3.46. The highest BCUT2D eigenvalue weighted by molar-refractivity contribution is 7.49. The van der Waals surface area contributed by atoms with E-state index in [2.05, 4.69) is 0 Å². The van der Waals surface area contributed by atoms with Crippen LogP contribution in [0.25, 0.3) is 0 Å². The molecule has 0 aliphatic carbocycles. The van der Waals surface area contributed by atoms with Crippen LogP contribution in [0.4, 0.5) is 14.5 Å². The summed E-state index contributed by atoms with van der Waals surface area (Å²) in [7, 11) is -4.09. The van der Waals surface area contributed by atoms with Crippen molar-refractivity contribution < 1.29 is 31.8 Å². The van der Waals surface area contributed by atoms with Crippen molar-refractivity contribution in [2.75, 3.05) is 6.61 Å². The Balaban J connectivity index is 1.78. The number of halogens is 2. The lowest BCUT2D eigenvalue weighted by Gasteiger charge is -2.29. The predicted molar refractivity (Wildman–Crippen MR) is 82.1 cm³/mol. The van der Waals surface area contributed by atoms with Crippen molar-refractivity contribution in [2.45, 2.75) is 12.5 Å². The number of non-ortho nitro benzene ring substituents is 1. The van der Waals surface area contributed by atoms with Crippen molar-refractivity contribution in [1.29, 1.82) is 0 Å². The fourth-order valence-corrected chi connectivity index (χ4v) is 3.69. The zero-order valence-electron chi connectivity index (χ0n) is 12.6. The third-order valence-corrected chi connectivity index (χ3v) is 4.90. The first-order valence-electron chi connectivity index (χ1n) is 7.18. The average Bonchev–Trinajstić information content (AvgIpc) is 2.57. The van der Waals surface area contributed by atoms with Gasteiger partial charge < -0.3 is 4.52 Å². The molecule has 0 saturated carbocycles. The number of hydrogen-bond acceptors (Lipinski definition) is 6. The molecular weight excluding hydrogens is 359 g/mol. The van der Waals surface area contributed by atoms with Gasteiger partial charge in [-0.05, 0) is 30.3 Å². The Morgan fingerprint density at radius 1 is 1.20 bits per heavy atom. The van der Waals surface area contributed by atoms with Gasteiger partial charge in [0.25, 0.3) is 5.69 Å². The lowest BCUT2D eigenvalue weighted by molar-refractivity contribution is -0.384. The maximum Gasteiger partial charge on any atom is 0.530 e. The van der Waals surface area contributed by atoms with Gasteiger partial charge in [-0.1, -0.05) is 0 Å². The van der Waals surface area contributed by atoms with Gasteiger partial charge in [-0.15, -0.1) is 0 Å². The van der Waals surface area contributed by atoms with Gasteiger partial charge in [-0.3, -0.25) is 19.2 Å². The standard InChI is InChI=1S/C15H12F2NO6P/c16-10-1-6-14(17)13(9-10)15-7-8-22-25(21,24-15)23-12-4-2-11(3-5-12)18(19)20/h1-6,9,15H,7-8H2. The van der Waals surface area contributed by atoms with Gasteiger partial charge in [0.1, 0.15) is 23.5 Å². The van der Waals surface area contributed by atoms with Gasteiger partial charge in [-0.2, -0.15) is 0 Å². The van der Waals surface area contributed by atoms with Crippen LogP contribution in [-0.2, 0) is 13.6 Å². The van der Waals surface area contributed by atoms with Gasteiger partial charge in [0.2, 0.25) is 0 Å². The van der Waals surface area contributed by atoms with E-state index in [4.69, 9.17) is 13.6 Å². The predicted octanol–water partition coefficient (Wildman–Crippen LogP) is 4.54. The Morgan fingerprint density at radius 3 is 2.60 bits per heavy atom. The Hall–Kier alpha value is -2.35. The molecule has 0 bridgehead atoms. The molecule has 1 heterocycles. The fraction of sp³-hybridized carbons (Fsp3) is 0.200. The van der Waals surface area contributed by atoms with Gasteiger partial charge in [0, 0.05) is 24.1 Å². The molecule has 0 aromatic heterocycles. The molecule has 1 aliphatic rings. The molecule has 7 nitrogen and oxygen atoms in total. The van der Waals surface area contributed by atoms with Crippen LogP contribution in [0.3, 0.4) is 0 Å². The lowest BCUT2D eigenvalue weighted by Crippen LogP contribution is -2.17. The molecule has 2 unspecified atom stereocenters. The van der Waals surface area contributed by atoms with Crippen LogP contribution >= 0.6 is 7.82 Å². The summed E-state index contributed by atoms with van der Waals surface area (Å²) in [6, 6.07) is 7.66. The number of hydrogen-bond donors (Lipinski definition) is 0. The monoisotopic (exact) mass is 371 g/mol. The van der Waals surface area contributed by atoms with Crippen molar-refractivity contribution in [3.05, 3.63) is 69.8 Å². The Labute approximate surface area is 140 Å². The maximum absolute atomic E-state index is 13.9. The molecule has 132 valence electrons. The molecule has 1 fully saturated rings. The van der Waals surface area contributed by atoms with Crippen LogP contribution in [0.1, 0.15) is 18.1 Å². The summed E-state index contributed by atoms with van der Waals surface area (Å²) < 4.78 is 55.2. The number of phosphoric ester groups is 1. The minimum Gasteiger partial charge on any atom is -0.404 e. The van der Waals surface area contributed by atoms with E-state index < -0.39 is 30.5 Å². The van der Waals surface area contributed by atoms with E-state index in [0.717, 1.165) is 30.3 Å². The normalized spacial score (nSPS) is 23.2. The molecule has 2 atom stereocenters. The Bertz CT molecular complexity index is 844. The highest BCUT2D eigenvalue weighted by Gasteiger charge is 2.38. The van der Waals surface area contributed by atoms with E-state index in [9.17, 15) is 23.5 Å². The van der Waals surface area contributed by atoms with Crippen molar-refractivity contribution in [3.63, 3.8) is 0 Å². The molecule has 0 radical (unpaired) electrons. The number of nitro groups is 1. The molecule has 2 aromatic rings. The SMILES string of the molecule is O=[N+]([O-])c1ccc(OP2(=O)OCCC(c3cc(F)ccc3F)O2)cc1. The van der Waals surface area contributed by atoms with Crippen molar-refractivity contribution in [3.8, 4) is 5.75 Å². The van der Waals surface area contributed by atoms with Crippen molar-refractivity contribution in [1.82, 2.24) is 0 Å². The van der Waals surface area contributed by atoms with Crippen LogP contribution in [-0.4, -0.2) is 11.5 Å². The summed E-state index contributed by atoms with van der Waals surface area (Å²) >= 11 is 0. The lowest BCUT2D eigenvalue weighted by atomic mass is 10.1. The molecule has 1 aliphatic heterocycles. The van der Waals surface area contributed by atoms with E-state index in [1.54, 1.807) is 0 Å². The zero-order valence-corrected chi connectivity index (χ0v) is 13.5. The highest BCUT2D eigenvalue weighted by Crippen LogP contribution is 2.56. The summed E-state index contributed by atoms with van der Waals surface area (Å²) in [6.45, 7) is -0.0507. The first kappa shape index (κ1) is 17.5. The largest absolute Gasteiger partial charge is 0.530 e. The van der Waals surface area contributed by atoms with Gasteiger partial charge in [0.15, 0.2) is 0 Å². The summed E-state index contributed by atoms with van der Waals surface area (Å²) in [5, 5.41) is 10.6. The summed E-state index contributed by atoms with van der Waals surface area (Å²) in [5.41, 5.74) is -0.258. The molecule has 0 N–H and O–H groups in total. The molecule has 0 amide bonds. The number of nitro benzene ring substituents is 1. The second kappa shape index (κ2) is 6.87.